The third-order valence-corrected chi connectivity index (χ3v) is 5.92. The molecule has 0 aliphatic heterocycles. The number of nitrogens with two attached hydrogens (primary N) is 1. The molecule has 4 nitrogen and oxygen atoms in total. The van der Waals surface area contributed by atoms with Gasteiger partial charge in [0.05, 0.1) is 5.69 Å². The fraction of sp³-hybridized carbons (Fsp3) is 0.538. The van der Waals surface area contributed by atoms with Crippen LogP contribution in [0.1, 0.15) is 25.7 Å². The molecule has 0 atom stereocenters. The summed E-state index contributed by atoms with van der Waals surface area (Å²) in [4.78, 5) is 0.114. The van der Waals surface area contributed by atoms with Gasteiger partial charge in [0, 0.05) is 11.6 Å². The first kappa shape index (κ1) is 13.2. The molecule has 19 heavy (non-hydrogen) atoms. The van der Waals surface area contributed by atoms with E-state index in [1.807, 2.05) is 0 Å². The van der Waals surface area contributed by atoms with E-state index in [1.54, 1.807) is 6.07 Å². The monoisotopic (exact) mass is 300 g/mol. The van der Waals surface area contributed by atoms with Gasteiger partial charge < -0.3 is 5.73 Å². The van der Waals surface area contributed by atoms with Crippen molar-refractivity contribution in [1.82, 2.24) is 4.72 Å². The van der Waals surface area contributed by atoms with E-state index in [4.69, 9.17) is 17.3 Å². The van der Waals surface area contributed by atoms with Crippen LogP contribution in [0.4, 0.5) is 5.69 Å². The fourth-order valence-corrected chi connectivity index (χ4v) is 4.10. The largest absolute Gasteiger partial charge is 0.398 e. The summed E-state index contributed by atoms with van der Waals surface area (Å²) >= 11 is 5.78. The number of nitrogens with one attached hydrogen (secondary N) is 1. The second kappa shape index (κ2) is 4.36. The predicted octanol–water partition coefficient (Wildman–Crippen LogP) is 2.39. The number of anilines is 1. The number of benzene rings is 1. The predicted molar refractivity (Wildman–Crippen MR) is 75.4 cm³/mol. The maximum atomic E-state index is 12.2. The minimum atomic E-state index is -3.54. The van der Waals surface area contributed by atoms with Gasteiger partial charge in [-0.05, 0) is 55.2 Å². The van der Waals surface area contributed by atoms with Gasteiger partial charge in [-0.15, -0.1) is 0 Å². The van der Waals surface area contributed by atoms with E-state index >= 15 is 0 Å². The van der Waals surface area contributed by atoms with E-state index in [0.29, 0.717) is 11.6 Å². The summed E-state index contributed by atoms with van der Waals surface area (Å²) in [7, 11) is -3.54. The van der Waals surface area contributed by atoms with Crippen LogP contribution in [0.25, 0.3) is 0 Å². The first-order chi connectivity index (χ1) is 8.93. The van der Waals surface area contributed by atoms with E-state index in [9.17, 15) is 8.42 Å². The lowest BCUT2D eigenvalue weighted by Crippen LogP contribution is -2.31. The van der Waals surface area contributed by atoms with Crippen molar-refractivity contribution in [3.63, 3.8) is 0 Å². The zero-order valence-corrected chi connectivity index (χ0v) is 12.1. The van der Waals surface area contributed by atoms with Gasteiger partial charge in [-0.2, -0.15) is 0 Å². The van der Waals surface area contributed by atoms with Crippen molar-refractivity contribution in [1.29, 1.82) is 0 Å². The van der Waals surface area contributed by atoms with Crippen LogP contribution < -0.4 is 10.5 Å². The molecule has 1 aromatic rings. The summed E-state index contributed by atoms with van der Waals surface area (Å²) in [5.41, 5.74) is 6.15. The topological polar surface area (TPSA) is 72.2 Å². The Morgan fingerprint density at radius 1 is 1.37 bits per heavy atom. The van der Waals surface area contributed by atoms with Crippen LogP contribution in [0.2, 0.25) is 5.02 Å². The average molecular weight is 301 g/mol. The summed E-state index contributed by atoms with van der Waals surface area (Å²) < 4.78 is 27.2. The van der Waals surface area contributed by atoms with Crippen molar-refractivity contribution in [3.05, 3.63) is 23.2 Å². The van der Waals surface area contributed by atoms with Gasteiger partial charge in [0.15, 0.2) is 0 Å². The van der Waals surface area contributed by atoms with Crippen molar-refractivity contribution in [2.75, 3.05) is 12.3 Å². The second-order valence-corrected chi connectivity index (χ2v) is 7.82. The smallest absolute Gasteiger partial charge is 0.242 e. The molecule has 2 fully saturated rings. The fourth-order valence-electron chi connectivity index (χ4n) is 2.67. The minimum absolute atomic E-state index is 0.114. The maximum Gasteiger partial charge on any atom is 0.242 e. The third kappa shape index (κ3) is 2.59. The molecule has 0 heterocycles. The van der Waals surface area contributed by atoms with Crippen molar-refractivity contribution in [2.45, 2.75) is 30.6 Å². The molecule has 0 spiro atoms. The Labute approximate surface area is 118 Å². The summed E-state index contributed by atoms with van der Waals surface area (Å²) in [5, 5.41) is 0.438. The van der Waals surface area contributed by atoms with Crippen LogP contribution in [0.3, 0.4) is 0 Å². The molecule has 2 aliphatic carbocycles. The Morgan fingerprint density at radius 2 is 2.05 bits per heavy atom. The van der Waals surface area contributed by atoms with Crippen LogP contribution in [-0.2, 0) is 10.0 Å². The van der Waals surface area contributed by atoms with Gasteiger partial charge in [0.1, 0.15) is 4.90 Å². The number of sulfonamides is 1. The lowest BCUT2D eigenvalue weighted by molar-refractivity contribution is 0.432. The van der Waals surface area contributed by atoms with Crippen molar-refractivity contribution < 1.29 is 8.42 Å². The van der Waals surface area contributed by atoms with Crippen LogP contribution in [0.15, 0.2) is 23.1 Å². The lowest BCUT2D eigenvalue weighted by atomic mass is 10.0. The standard InChI is InChI=1S/C13H17ClN2O2S/c14-10-3-4-12(11(15)7-10)19(17,18)16-8-13(5-6-13)9-1-2-9/h3-4,7,9,16H,1-2,5-6,8,15H2. The van der Waals surface area contributed by atoms with Gasteiger partial charge >= 0.3 is 0 Å². The Kier molecular flexibility index (Phi) is 3.04. The maximum absolute atomic E-state index is 12.2. The highest BCUT2D eigenvalue weighted by Gasteiger charge is 2.53. The van der Waals surface area contributed by atoms with Gasteiger partial charge in [0.2, 0.25) is 10.0 Å². The van der Waals surface area contributed by atoms with Gasteiger partial charge in [-0.1, -0.05) is 11.6 Å². The van der Waals surface area contributed by atoms with Crippen molar-refractivity contribution in [3.8, 4) is 0 Å². The lowest BCUT2D eigenvalue weighted by Gasteiger charge is -2.16. The summed E-state index contributed by atoms with van der Waals surface area (Å²) in [6.07, 6.45) is 4.75. The Hall–Kier alpha value is -0.780. The molecule has 0 unspecified atom stereocenters. The molecule has 2 aliphatic rings. The van der Waals surface area contributed by atoms with E-state index in [2.05, 4.69) is 4.72 Å². The zero-order valence-electron chi connectivity index (χ0n) is 10.5. The van der Waals surface area contributed by atoms with E-state index in [0.717, 1.165) is 18.8 Å². The Balaban J connectivity index is 1.75. The third-order valence-electron chi connectivity index (χ3n) is 4.21. The van der Waals surface area contributed by atoms with Crippen LogP contribution >= 0.6 is 11.6 Å². The summed E-state index contributed by atoms with van der Waals surface area (Å²) in [6, 6.07) is 4.46. The average Bonchev–Trinajstić information content (AvgIpc) is 3.19. The zero-order chi connectivity index (χ0) is 13.7. The number of nitrogen functional groups attached to an aromatic ring is 1. The first-order valence-electron chi connectivity index (χ1n) is 6.48. The number of halogens is 1. The molecule has 1 aromatic carbocycles. The van der Waals surface area contributed by atoms with Crippen molar-refractivity contribution in [2.24, 2.45) is 11.3 Å². The van der Waals surface area contributed by atoms with Crippen LogP contribution in [0, 0.1) is 11.3 Å². The molecular weight excluding hydrogens is 284 g/mol. The number of rotatable bonds is 5. The van der Waals surface area contributed by atoms with Crippen molar-refractivity contribution >= 4 is 27.3 Å². The molecule has 3 rings (SSSR count). The summed E-state index contributed by atoms with van der Waals surface area (Å²) in [5.74, 6) is 0.720. The van der Waals surface area contributed by atoms with E-state index < -0.39 is 10.0 Å². The SMILES string of the molecule is Nc1cc(Cl)ccc1S(=O)(=O)NCC1(C2CC2)CC1. The van der Waals surface area contributed by atoms with Gasteiger partial charge in [-0.3, -0.25) is 0 Å². The number of hydrogen-bond acceptors (Lipinski definition) is 3. The Morgan fingerprint density at radius 3 is 2.58 bits per heavy atom. The molecule has 0 bridgehead atoms. The van der Waals surface area contributed by atoms with Crippen LogP contribution in [0.5, 0.6) is 0 Å². The molecule has 0 saturated heterocycles. The van der Waals surface area contributed by atoms with E-state index in [-0.39, 0.29) is 16.0 Å². The Bertz CT molecular complexity index is 607. The van der Waals surface area contributed by atoms with Gasteiger partial charge in [0.25, 0.3) is 0 Å². The first-order valence-corrected chi connectivity index (χ1v) is 8.34. The van der Waals surface area contributed by atoms with Gasteiger partial charge in [-0.25, -0.2) is 13.1 Å². The second-order valence-electron chi connectivity index (χ2n) is 5.64. The molecular formula is C13H17ClN2O2S. The molecule has 2 saturated carbocycles. The molecule has 104 valence electrons. The minimum Gasteiger partial charge on any atom is -0.398 e. The molecule has 6 heteroatoms. The highest BCUT2D eigenvalue weighted by atomic mass is 35.5. The summed E-state index contributed by atoms with van der Waals surface area (Å²) in [6.45, 7) is 0.530. The number of hydrogen-bond donors (Lipinski definition) is 2. The highest BCUT2D eigenvalue weighted by molar-refractivity contribution is 7.89. The molecule has 0 radical (unpaired) electrons. The quantitative estimate of drug-likeness (QED) is 0.820. The van der Waals surface area contributed by atoms with Crippen LogP contribution in [-0.4, -0.2) is 15.0 Å². The molecule has 0 aromatic heterocycles. The van der Waals surface area contributed by atoms with E-state index in [1.165, 1.54) is 25.0 Å². The molecule has 0 amide bonds. The molecule has 3 N–H and O–H groups in total. The normalized spacial score (nSPS) is 21.3. The highest BCUT2D eigenvalue weighted by Crippen LogP contribution is 2.60.